The maximum Gasteiger partial charge on any atom is 0.143 e. The number of rotatable bonds is 4. The van der Waals surface area contributed by atoms with Gasteiger partial charge in [-0.25, -0.2) is 0 Å². The molecule has 0 amide bonds. The van der Waals surface area contributed by atoms with Crippen LogP contribution in [-0.4, -0.2) is 0 Å². The van der Waals surface area contributed by atoms with Crippen molar-refractivity contribution in [2.75, 3.05) is 0 Å². The fourth-order valence-electron chi connectivity index (χ4n) is 5.48. The first-order valence-electron chi connectivity index (χ1n) is 13.0. The zero-order valence-corrected chi connectivity index (χ0v) is 21.2. The van der Waals surface area contributed by atoms with Crippen molar-refractivity contribution in [1.29, 1.82) is 0 Å². The van der Waals surface area contributed by atoms with Crippen molar-refractivity contribution in [2.24, 2.45) is 0 Å². The summed E-state index contributed by atoms with van der Waals surface area (Å²) in [5.41, 5.74) is 12.6. The second-order valence-electron chi connectivity index (χ2n) is 9.86. The van der Waals surface area contributed by atoms with Crippen molar-refractivity contribution in [3.8, 4) is 44.5 Å². The van der Waals surface area contributed by atoms with E-state index in [9.17, 15) is 0 Å². The monoisotopic (exact) mass is 486 g/mol. The van der Waals surface area contributed by atoms with Gasteiger partial charge in [-0.05, 0) is 70.1 Å². The number of aryl methyl sites for hydroxylation is 1. The summed E-state index contributed by atoms with van der Waals surface area (Å²) in [6, 6.07) is 49.6. The predicted octanol–water partition coefficient (Wildman–Crippen LogP) is 10.6. The molecule has 38 heavy (non-hydrogen) atoms. The summed E-state index contributed by atoms with van der Waals surface area (Å²) in [5, 5.41) is 2.30. The Morgan fingerprint density at radius 2 is 0.974 bits per heavy atom. The molecule has 0 N–H and O–H groups in total. The molecule has 0 radical (unpaired) electrons. The van der Waals surface area contributed by atoms with Gasteiger partial charge in [0.15, 0.2) is 0 Å². The zero-order chi connectivity index (χ0) is 25.5. The number of benzene rings is 6. The van der Waals surface area contributed by atoms with Gasteiger partial charge in [-0.3, -0.25) is 0 Å². The van der Waals surface area contributed by atoms with E-state index in [4.69, 9.17) is 4.42 Å². The molecule has 0 saturated carbocycles. The average Bonchev–Trinajstić information content (AvgIpc) is 3.37. The summed E-state index contributed by atoms with van der Waals surface area (Å²) in [4.78, 5) is 0. The normalized spacial score (nSPS) is 11.3. The van der Waals surface area contributed by atoms with Gasteiger partial charge in [-0.2, -0.15) is 0 Å². The van der Waals surface area contributed by atoms with Crippen LogP contribution in [0.25, 0.3) is 66.4 Å². The van der Waals surface area contributed by atoms with Gasteiger partial charge in [0, 0.05) is 16.3 Å². The van der Waals surface area contributed by atoms with Crippen LogP contribution in [0.3, 0.4) is 0 Å². The maximum absolute atomic E-state index is 6.58. The van der Waals surface area contributed by atoms with Crippen LogP contribution in [-0.2, 0) is 0 Å². The molecular formula is C37H26O. The third-order valence-electron chi connectivity index (χ3n) is 7.33. The van der Waals surface area contributed by atoms with E-state index in [2.05, 4.69) is 140 Å². The SMILES string of the molecule is Cc1cccc(-c2cccc(-c3ccc(-c4cccc(-c5ccccc5)c4)c4oc5ccccc5c34)c2)c1. The lowest BCUT2D eigenvalue weighted by molar-refractivity contribution is 0.670. The molecule has 0 bridgehead atoms. The minimum Gasteiger partial charge on any atom is -0.455 e. The highest BCUT2D eigenvalue weighted by Gasteiger charge is 2.17. The van der Waals surface area contributed by atoms with E-state index in [1.165, 1.54) is 38.9 Å². The number of hydrogen-bond donors (Lipinski definition) is 0. The van der Waals surface area contributed by atoms with Gasteiger partial charge in [0.25, 0.3) is 0 Å². The van der Waals surface area contributed by atoms with Crippen LogP contribution in [0, 0.1) is 6.92 Å². The first-order chi connectivity index (χ1) is 18.7. The Morgan fingerprint density at radius 1 is 0.421 bits per heavy atom. The van der Waals surface area contributed by atoms with Gasteiger partial charge in [0.1, 0.15) is 11.2 Å². The molecule has 7 rings (SSSR count). The average molecular weight is 487 g/mol. The summed E-state index contributed by atoms with van der Waals surface area (Å²) in [5.74, 6) is 0. The van der Waals surface area contributed by atoms with Crippen LogP contribution in [0.1, 0.15) is 5.56 Å². The number of hydrogen-bond acceptors (Lipinski definition) is 1. The Bertz CT molecular complexity index is 1920. The van der Waals surface area contributed by atoms with Gasteiger partial charge >= 0.3 is 0 Å². The molecule has 0 aliphatic heterocycles. The van der Waals surface area contributed by atoms with Crippen molar-refractivity contribution in [2.45, 2.75) is 6.92 Å². The Kier molecular flexibility index (Phi) is 5.41. The third-order valence-corrected chi connectivity index (χ3v) is 7.33. The summed E-state index contributed by atoms with van der Waals surface area (Å²) in [6.07, 6.45) is 0. The maximum atomic E-state index is 6.58. The van der Waals surface area contributed by atoms with Crippen LogP contribution >= 0.6 is 0 Å². The first-order valence-corrected chi connectivity index (χ1v) is 13.0. The van der Waals surface area contributed by atoms with Crippen molar-refractivity contribution >= 4 is 21.9 Å². The molecule has 7 aromatic rings. The molecule has 1 nitrogen and oxygen atoms in total. The van der Waals surface area contributed by atoms with Gasteiger partial charge in [0.2, 0.25) is 0 Å². The molecule has 0 unspecified atom stereocenters. The van der Waals surface area contributed by atoms with Crippen LogP contribution < -0.4 is 0 Å². The molecule has 1 aromatic heterocycles. The standard InChI is InChI=1S/C37H26O/c1-25-10-7-13-27(22-25)29-15-9-16-30(24-29)32-20-21-33(37-36(32)34-18-5-6-19-35(34)38-37)31-17-8-14-28(23-31)26-11-3-2-4-12-26/h2-24H,1H3. The second-order valence-corrected chi connectivity index (χ2v) is 9.86. The van der Waals surface area contributed by atoms with Crippen LogP contribution in [0.5, 0.6) is 0 Å². The quantitative estimate of drug-likeness (QED) is 0.241. The van der Waals surface area contributed by atoms with Crippen LogP contribution in [0.15, 0.2) is 144 Å². The fourth-order valence-corrected chi connectivity index (χ4v) is 5.48. The third kappa shape index (κ3) is 3.90. The highest BCUT2D eigenvalue weighted by atomic mass is 16.3. The lowest BCUT2D eigenvalue weighted by Crippen LogP contribution is -1.86. The van der Waals surface area contributed by atoms with Gasteiger partial charge in [-0.1, -0.05) is 121 Å². The molecule has 180 valence electrons. The summed E-state index contributed by atoms with van der Waals surface area (Å²) < 4.78 is 6.58. The molecule has 0 spiro atoms. The highest BCUT2D eigenvalue weighted by Crippen LogP contribution is 2.42. The molecule has 0 saturated heterocycles. The zero-order valence-electron chi connectivity index (χ0n) is 21.2. The van der Waals surface area contributed by atoms with Crippen molar-refractivity contribution in [3.63, 3.8) is 0 Å². The smallest absolute Gasteiger partial charge is 0.143 e. The van der Waals surface area contributed by atoms with Crippen molar-refractivity contribution in [1.82, 2.24) is 0 Å². The summed E-state index contributed by atoms with van der Waals surface area (Å²) in [7, 11) is 0. The van der Waals surface area contributed by atoms with Gasteiger partial charge in [0.05, 0.1) is 0 Å². The van der Waals surface area contributed by atoms with Crippen LogP contribution in [0.2, 0.25) is 0 Å². The largest absolute Gasteiger partial charge is 0.455 e. The number of para-hydroxylation sites is 1. The summed E-state index contributed by atoms with van der Waals surface area (Å²) in [6.45, 7) is 2.14. The molecule has 0 fully saturated rings. The molecule has 0 aliphatic rings. The molecule has 1 heteroatoms. The number of furan rings is 1. The topological polar surface area (TPSA) is 13.1 Å². The lowest BCUT2D eigenvalue weighted by atomic mass is 9.92. The Balaban J connectivity index is 1.44. The van der Waals surface area contributed by atoms with Gasteiger partial charge < -0.3 is 4.42 Å². The number of fused-ring (bicyclic) bond motifs is 3. The Morgan fingerprint density at radius 3 is 1.74 bits per heavy atom. The lowest BCUT2D eigenvalue weighted by Gasteiger charge is -2.11. The molecule has 1 heterocycles. The fraction of sp³-hybridized carbons (Fsp3) is 0.0270. The molecule has 0 aliphatic carbocycles. The minimum atomic E-state index is 0.908. The van der Waals surface area contributed by atoms with E-state index in [0.717, 1.165) is 33.1 Å². The molecular weight excluding hydrogens is 460 g/mol. The van der Waals surface area contributed by atoms with E-state index >= 15 is 0 Å². The molecule has 6 aromatic carbocycles. The minimum absolute atomic E-state index is 0.908. The predicted molar refractivity (Wildman–Crippen MR) is 160 cm³/mol. The summed E-state index contributed by atoms with van der Waals surface area (Å²) >= 11 is 0. The Labute approximate surface area is 222 Å². The highest BCUT2D eigenvalue weighted by molar-refractivity contribution is 6.16. The Hall–Kier alpha value is -4.88. The van der Waals surface area contributed by atoms with Gasteiger partial charge in [-0.15, -0.1) is 0 Å². The van der Waals surface area contributed by atoms with Crippen molar-refractivity contribution < 1.29 is 4.42 Å². The molecule has 0 atom stereocenters. The van der Waals surface area contributed by atoms with E-state index in [0.29, 0.717) is 0 Å². The van der Waals surface area contributed by atoms with E-state index in [1.807, 2.05) is 6.07 Å². The van der Waals surface area contributed by atoms with E-state index in [1.54, 1.807) is 0 Å². The van der Waals surface area contributed by atoms with Crippen molar-refractivity contribution in [3.05, 3.63) is 145 Å². The first kappa shape index (κ1) is 22.3. The van der Waals surface area contributed by atoms with E-state index < -0.39 is 0 Å². The van der Waals surface area contributed by atoms with E-state index in [-0.39, 0.29) is 0 Å². The second kappa shape index (κ2) is 9.21. The van der Waals surface area contributed by atoms with Crippen LogP contribution in [0.4, 0.5) is 0 Å².